The van der Waals surface area contributed by atoms with Crippen molar-refractivity contribution in [2.24, 2.45) is 0 Å². The van der Waals surface area contributed by atoms with Crippen LogP contribution in [0, 0.1) is 6.92 Å². The van der Waals surface area contributed by atoms with Crippen LogP contribution in [0.4, 0.5) is 0 Å². The van der Waals surface area contributed by atoms with Gasteiger partial charge in [0.05, 0.1) is 6.04 Å². The van der Waals surface area contributed by atoms with Gasteiger partial charge in [-0.25, -0.2) is 15.0 Å². The van der Waals surface area contributed by atoms with Crippen LogP contribution < -0.4 is 5.32 Å². The number of piperidine rings is 1. The molecule has 1 saturated heterocycles. The predicted molar refractivity (Wildman–Crippen MR) is 72.5 cm³/mol. The van der Waals surface area contributed by atoms with Crippen LogP contribution in [0.15, 0.2) is 17.6 Å². The lowest BCUT2D eigenvalue weighted by Crippen LogP contribution is -2.28. The van der Waals surface area contributed by atoms with E-state index in [4.69, 9.17) is 0 Å². The fourth-order valence-corrected chi connectivity index (χ4v) is 2.88. The molecule has 0 amide bonds. The van der Waals surface area contributed by atoms with Gasteiger partial charge in [0, 0.05) is 17.3 Å². The average molecular weight is 260 g/mol. The summed E-state index contributed by atoms with van der Waals surface area (Å²) in [6, 6.07) is 2.31. The van der Waals surface area contributed by atoms with Crippen molar-refractivity contribution in [3.05, 3.63) is 29.2 Å². The number of nitrogens with zero attached hydrogens (tertiary/aromatic N) is 3. The van der Waals surface area contributed by atoms with Crippen molar-refractivity contribution in [1.82, 2.24) is 20.3 Å². The molecule has 18 heavy (non-hydrogen) atoms. The number of hydrogen-bond donors (Lipinski definition) is 1. The number of nitrogens with one attached hydrogen (secondary N) is 1. The summed E-state index contributed by atoms with van der Waals surface area (Å²) in [5.41, 5.74) is 1.96. The summed E-state index contributed by atoms with van der Waals surface area (Å²) in [5.74, 6) is 0.917. The van der Waals surface area contributed by atoms with E-state index < -0.39 is 0 Å². The lowest BCUT2D eigenvalue weighted by atomic mass is 10.0. The van der Waals surface area contributed by atoms with Crippen LogP contribution in [-0.2, 0) is 0 Å². The standard InChI is InChI=1S/C13H16N4S/c1-9-8-11(13-15-6-7-18-13)17-12(16-9)10-4-2-3-5-14-10/h6-8,10,14H,2-5H2,1H3. The molecule has 1 aliphatic heterocycles. The van der Waals surface area contributed by atoms with E-state index in [0.29, 0.717) is 6.04 Å². The Morgan fingerprint density at radius 3 is 3.00 bits per heavy atom. The lowest BCUT2D eigenvalue weighted by molar-refractivity contribution is 0.397. The zero-order valence-corrected chi connectivity index (χ0v) is 11.2. The molecule has 4 nitrogen and oxygen atoms in total. The minimum Gasteiger partial charge on any atom is -0.307 e. The van der Waals surface area contributed by atoms with Crippen molar-refractivity contribution in [2.45, 2.75) is 32.2 Å². The molecule has 0 saturated carbocycles. The fourth-order valence-electron chi connectivity index (χ4n) is 2.28. The number of hydrogen-bond acceptors (Lipinski definition) is 5. The molecular formula is C13H16N4S. The number of aryl methyl sites for hydroxylation is 1. The second kappa shape index (κ2) is 5.12. The normalized spacial score (nSPS) is 19.9. The highest BCUT2D eigenvalue weighted by Crippen LogP contribution is 2.24. The Bertz CT molecular complexity index is 518. The minimum atomic E-state index is 0.303. The van der Waals surface area contributed by atoms with Gasteiger partial charge in [-0.15, -0.1) is 11.3 Å². The van der Waals surface area contributed by atoms with E-state index >= 15 is 0 Å². The van der Waals surface area contributed by atoms with Crippen LogP contribution in [0.1, 0.15) is 36.8 Å². The Morgan fingerprint density at radius 2 is 2.28 bits per heavy atom. The molecule has 2 aromatic rings. The summed E-state index contributed by atoms with van der Waals surface area (Å²) in [7, 11) is 0. The molecule has 0 spiro atoms. The van der Waals surface area contributed by atoms with Gasteiger partial charge in [0.25, 0.3) is 0 Å². The third kappa shape index (κ3) is 2.42. The zero-order chi connectivity index (χ0) is 12.4. The molecule has 0 bridgehead atoms. The molecule has 1 unspecified atom stereocenters. The summed E-state index contributed by atoms with van der Waals surface area (Å²) in [4.78, 5) is 13.6. The van der Waals surface area contributed by atoms with Crippen molar-refractivity contribution in [3.63, 3.8) is 0 Å². The molecule has 1 N–H and O–H groups in total. The van der Waals surface area contributed by atoms with Crippen LogP contribution >= 0.6 is 11.3 Å². The molecule has 0 radical (unpaired) electrons. The predicted octanol–water partition coefficient (Wildman–Crippen LogP) is 2.72. The van der Waals surface area contributed by atoms with Crippen LogP contribution in [0.5, 0.6) is 0 Å². The van der Waals surface area contributed by atoms with Gasteiger partial charge in [-0.2, -0.15) is 0 Å². The second-order valence-electron chi connectivity index (χ2n) is 4.59. The fraction of sp³-hybridized carbons (Fsp3) is 0.462. The van der Waals surface area contributed by atoms with Crippen LogP contribution in [-0.4, -0.2) is 21.5 Å². The van der Waals surface area contributed by atoms with Crippen molar-refractivity contribution in [1.29, 1.82) is 0 Å². The van der Waals surface area contributed by atoms with E-state index in [1.807, 2.05) is 24.6 Å². The first-order valence-corrected chi connectivity index (χ1v) is 7.20. The Balaban J connectivity index is 1.95. The maximum Gasteiger partial charge on any atom is 0.146 e. The van der Waals surface area contributed by atoms with Crippen molar-refractivity contribution < 1.29 is 0 Å². The highest BCUT2D eigenvalue weighted by molar-refractivity contribution is 7.13. The quantitative estimate of drug-likeness (QED) is 0.902. The van der Waals surface area contributed by atoms with Gasteiger partial charge in [0.2, 0.25) is 0 Å². The summed E-state index contributed by atoms with van der Waals surface area (Å²) >= 11 is 1.62. The monoisotopic (exact) mass is 260 g/mol. The van der Waals surface area contributed by atoms with Gasteiger partial charge in [-0.3, -0.25) is 0 Å². The smallest absolute Gasteiger partial charge is 0.146 e. The number of thiazole rings is 1. The maximum absolute atomic E-state index is 4.67. The van der Waals surface area contributed by atoms with E-state index in [2.05, 4.69) is 20.3 Å². The van der Waals surface area contributed by atoms with Crippen LogP contribution in [0.3, 0.4) is 0 Å². The zero-order valence-electron chi connectivity index (χ0n) is 10.4. The molecule has 5 heteroatoms. The van der Waals surface area contributed by atoms with Gasteiger partial charge in [0.1, 0.15) is 16.5 Å². The largest absolute Gasteiger partial charge is 0.307 e. The van der Waals surface area contributed by atoms with E-state index in [0.717, 1.165) is 35.2 Å². The molecule has 2 aromatic heterocycles. The molecule has 0 aromatic carbocycles. The average Bonchev–Trinajstić information content (AvgIpc) is 2.93. The van der Waals surface area contributed by atoms with Gasteiger partial charge in [0.15, 0.2) is 0 Å². The van der Waals surface area contributed by atoms with E-state index in [9.17, 15) is 0 Å². The first kappa shape index (κ1) is 11.7. The summed E-state index contributed by atoms with van der Waals surface area (Å²) < 4.78 is 0. The van der Waals surface area contributed by atoms with E-state index in [1.54, 1.807) is 11.3 Å². The Labute approximate surface area is 111 Å². The third-order valence-corrected chi connectivity index (χ3v) is 3.94. The van der Waals surface area contributed by atoms with Crippen molar-refractivity contribution >= 4 is 11.3 Å². The minimum absolute atomic E-state index is 0.303. The van der Waals surface area contributed by atoms with Gasteiger partial charge in [-0.05, 0) is 32.4 Å². The Kier molecular flexibility index (Phi) is 3.34. The van der Waals surface area contributed by atoms with E-state index in [-0.39, 0.29) is 0 Å². The SMILES string of the molecule is Cc1cc(-c2nccs2)nc(C2CCCCN2)n1. The molecule has 1 fully saturated rings. The topological polar surface area (TPSA) is 50.7 Å². The highest BCUT2D eigenvalue weighted by Gasteiger charge is 2.18. The molecule has 3 rings (SSSR count). The molecule has 0 aliphatic carbocycles. The van der Waals surface area contributed by atoms with Crippen LogP contribution in [0.25, 0.3) is 10.7 Å². The Morgan fingerprint density at radius 1 is 1.33 bits per heavy atom. The maximum atomic E-state index is 4.67. The van der Waals surface area contributed by atoms with Gasteiger partial charge < -0.3 is 5.32 Å². The second-order valence-corrected chi connectivity index (χ2v) is 5.49. The van der Waals surface area contributed by atoms with Gasteiger partial charge in [-0.1, -0.05) is 6.42 Å². The molecule has 3 heterocycles. The Hall–Kier alpha value is -1.33. The summed E-state index contributed by atoms with van der Waals surface area (Å²) in [6.07, 6.45) is 5.44. The highest BCUT2D eigenvalue weighted by atomic mass is 32.1. The molecule has 1 atom stereocenters. The van der Waals surface area contributed by atoms with Crippen molar-refractivity contribution in [3.8, 4) is 10.7 Å². The first-order valence-electron chi connectivity index (χ1n) is 6.32. The van der Waals surface area contributed by atoms with Crippen molar-refractivity contribution in [2.75, 3.05) is 6.54 Å². The number of rotatable bonds is 2. The van der Waals surface area contributed by atoms with E-state index in [1.165, 1.54) is 12.8 Å². The summed E-state index contributed by atoms with van der Waals surface area (Å²) in [6.45, 7) is 3.08. The van der Waals surface area contributed by atoms with Gasteiger partial charge >= 0.3 is 0 Å². The summed E-state index contributed by atoms with van der Waals surface area (Å²) in [5, 5.41) is 6.44. The molecular weight excluding hydrogens is 244 g/mol. The third-order valence-electron chi connectivity index (χ3n) is 3.14. The lowest BCUT2D eigenvalue weighted by Gasteiger charge is -2.22. The first-order chi connectivity index (χ1) is 8.83. The molecule has 94 valence electrons. The number of aromatic nitrogens is 3. The van der Waals surface area contributed by atoms with Crippen LogP contribution in [0.2, 0.25) is 0 Å². The molecule has 1 aliphatic rings.